The minimum atomic E-state index is -0.557. The van der Waals surface area contributed by atoms with Crippen molar-refractivity contribution < 1.29 is 14.7 Å². The van der Waals surface area contributed by atoms with Gasteiger partial charge in [0.1, 0.15) is 0 Å². The van der Waals surface area contributed by atoms with Crippen LogP contribution in [-0.2, 0) is 16.1 Å². The molecular weight excluding hydrogens is 358 g/mol. The van der Waals surface area contributed by atoms with Gasteiger partial charge in [-0.15, -0.1) is 0 Å². The maximum atomic E-state index is 13.1. The van der Waals surface area contributed by atoms with Crippen molar-refractivity contribution in [3.8, 4) is 0 Å². The van der Waals surface area contributed by atoms with E-state index in [2.05, 4.69) is 5.32 Å². The van der Waals surface area contributed by atoms with Gasteiger partial charge in [0.05, 0.1) is 18.0 Å². The smallest absolute Gasteiger partial charge is 0.258 e. The molecular formula is C21H27N3O4. The topological polar surface area (TPSA) is 91.6 Å². The van der Waals surface area contributed by atoms with E-state index in [1.807, 2.05) is 30.9 Å². The Bertz CT molecular complexity index is 886. The number of allylic oxidation sites excluding steroid dienone is 1. The van der Waals surface area contributed by atoms with Crippen LogP contribution in [0.2, 0.25) is 0 Å². The quantitative estimate of drug-likeness (QED) is 0.788. The molecule has 2 fully saturated rings. The Morgan fingerprint density at radius 2 is 2.07 bits per heavy atom. The molecule has 0 spiro atoms. The first-order chi connectivity index (χ1) is 13.5. The van der Waals surface area contributed by atoms with Gasteiger partial charge in [-0.1, -0.05) is 12.2 Å². The number of nitrogens with zero attached hydrogens (tertiary/aromatic N) is 2. The van der Waals surface area contributed by atoms with Crippen molar-refractivity contribution in [1.29, 1.82) is 0 Å². The number of amides is 2. The van der Waals surface area contributed by atoms with Crippen LogP contribution in [0.5, 0.6) is 0 Å². The van der Waals surface area contributed by atoms with Gasteiger partial charge in [0.15, 0.2) is 0 Å². The Morgan fingerprint density at radius 1 is 1.32 bits per heavy atom. The number of aromatic nitrogens is 1. The Morgan fingerprint density at radius 3 is 2.68 bits per heavy atom. The largest absolute Gasteiger partial charge is 0.396 e. The fourth-order valence-corrected chi connectivity index (χ4v) is 4.87. The molecule has 2 amide bonds. The summed E-state index contributed by atoms with van der Waals surface area (Å²) in [5.41, 5.74) is 1.16. The van der Waals surface area contributed by atoms with Crippen LogP contribution in [0.15, 0.2) is 23.0 Å². The van der Waals surface area contributed by atoms with E-state index >= 15 is 0 Å². The Labute approximate surface area is 164 Å². The molecule has 2 aliphatic heterocycles. The molecule has 3 aliphatic rings. The molecule has 1 aromatic rings. The Kier molecular flexibility index (Phi) is 4.87. The van der Waals surface area contributed by atoms with E-state index < -0.39 is 12.0 Å². The summed E-state index contributed by atoms with van der Waals surface area (Å²) in [6.07, 6.45) is 5.33. The molecule has 7 nitrogen and oxygen atoms in total. The van der Waals surface area contributed by atoms with Crippen molar-refractivity contribution in [1.82, 2.24) is 14.8 Å². The lowest BCUT2D eigenvalue weighted by atomic mass is 9.86. The maximum Gasteiger partial charge on any atom is 0.258 e. The van der Waals surface area contributed by atoms with E-state index in [0.717, 1.165) is 12.8 Å². The van der Waals surface area contributed by atoms with Crippen molar-refractivity contribution >= 4 is 17.9 Å². The van der Waals surface area contributed by atoms with E-state index in [1.54, 1.807) is 16.7 Å². The van der Waals surface area contributed by atoms with E-state index in [9.17, 15) is 19.5 Å². The van der Waals surface area contributed by atoms with Crippen LogP contribution < -0.4 is 10.9 Å². The van der Waals surface area contributed by atoms with E-state index in [-0.39, 0.29) is 41.9 Å². The number of nitrogens with one attached hydrogen (secondary N) is 1. The van der Waals surface area contributed by atoms with Crippen molar-refractivity contribution in [2.45, 2.75) is 45.3 Å². The zero-order valence-electron chi connectivity index (χ0n) is 16.3. The first kappa shape index (κ1) is 18.9. The van der Waals surface area contributed by atoms with Gasteiger partial charge in [-0.3, -0.25) is 14.4 Å². The highest BCUT2D eigenvalue weighted by atomic mass is 16.3. The van der Waals surface area contributed by atoms with Gasteiger partial charge in [0.2, 0.25) is 11.8 Å². The van der Waals surface area contributed by atoms with E-state index in [0.29, 0.717) is 24.3 Å². The van der Waals surface area contributed by atoms with Crippen LogP contribution in [0.1, 0.15) is 44.0 Å². The average Bonchev–Trinajstić information content (AvgIpc) is 3.49. The highest BCUT2D eigenvalue weighted by Gasteiger charge is 2.58. The van der Waals surface area contributed by atoms with Crippen LogP contribution in [0.4, 0.5) is 0 Å². The predicted octanol–water partition coefficient (Wildman–Crippen LogP) is 0.918. The van der Waals surface area contributed by atoms with Gasteiger partial charge < -0.3 is 19.9 Å². The lowest BCUT2D eigenvalue weighted by Gasteiger charge is -2.38. The number of fused-ring (bicyclic) bond motifs is 4. The number of carbonyl (C=O) groups is 2. The summed E-state index contributed by atoms with van der Waals surface area (Å²) in [6, 6.07) is 2.76. The van der Waals surface area contributed by atoms with Crippen LogP contribution in [0.3, 0.4) is 0 Å². The van der Waals surface area contributed by atoms with Crippen molar-refractivity contribution in [2.24, 2.45) is 17.8 Å². The molecule has 7 heteroatoms. The number of aliphatic hydroxyl groups excluding tert-OH is 1. The highest BCUT2D eigenvalue weighted by molar-refractivity contribution is 5.86. The van der Waals surface area contributed by atoms with Crippen LogP contribution in [0, 0.1) is 17.8 Å². The molecule has 1 saturated carbocycles. The summed E-state index contributed by atoms with van der Waals surface area (Å²) in [6.45, 7) is 4.31. The minimum absolute atomic E-state index is 0.0119. The summed E-state index contributed by atoms with van der Waals surface area (Å²) in [4.78, 5) is 40.8. The molecule has 0 radical (unpaired) electrons. The van der Waals surface area contributed by atoms with Gasteiger partial charge >= 0.3 is 0 Å². The fourth-order valence-electron chi connectivity index (χ4n) is 4.87. The first-order valence-corrected chi connectivity index (χ1v) is 10.1. The summed E-state index contributed by atoms with van der Waals surface area (Å²) in [5.74, 6) is -1.04. The zero-order valence-corrected chi connectivity index (χ0v) is 16.3. The standard InChI is InChI=1S/C21H27N3O4/c1-3-5-12-8-9-15-18-17(19(26)22-4-2)14(11-25)16(10-23(15)20(12)27)24(18)21(28)13-6-7-13/h3,5,8-9,13-14,16-18,25H,4,6-7,10-11H2,1-2H3,(H,22,26)/b5-3+/t14-,16-,17+,18+/m0/s1. The second-order valence-electron chi connectivity index (χ2n) is 7.93. The van der Waals surface area contributed by atoms with Gasteiger partial charge in [-0.2, -0.15) is 0 Å². The molecule has 0 unspecified atom stereocenters. The number of hydrogen-bond donors (Lipinski definition) is 2. The zero-order chi connectivity index (χ0) is 20.0. The average molecular weight is 385 g/mol. The third-order valence-electron chi connectivity index (χ3n) is 6.25. The molecule has 3 heterocycles. The van der Waals surface area contributed by atoms with Crippen LogP contribution in [-0.4, -0.2) is 45.6 Å². The highest BCUT2D eigenvalue weighted by Crippen LogP contribution is 2.50. The molecule has 0 aromatic carbocycles. The molecule has 4 atom stereocenters. The van der Waals surface area contributed by atoms with Crippen LogP contribution in [0.25, 0.3) is 6.08 Å². The minimum Gasteiger partial charge on any atom is -0.396 e. The van der Waals surface area contributed by atoms with Gasteiger partial charge in [-0.25, -0.2) is 0 Å². The number of rotatable bonds is 5. The lowest BCUT2D eigenvalue weighted by Crippen LogP contribution is -2.49. The maximum absolute atomic E-state index is 13.1. The Balaban J connectivity index is 1.86. The third kappa shape index (κ3) is 2.80. The van der Waals surface area contributed by atoms with E-state index in [4.69, 9.17) is 0 Å². The molecule has 1 aliphatic carbocycles. The van der Waals surface area contributed by atoms with Crippen LogP contribution >= 0.6 is 0 Å². The lowest BCUT2D eigenvalue weighted by molar-refractivity contribution is -0.138. The first-order valence-electron chi connectivity index (χ1n) is 10.1. The van der Waals surface area contributed by atoms with E-state index in [1.165, 1.54) is 0 Å². The number of hydrogen-bond acceptors (Lipinski definition) is 4. The molecule has 150 valence electrons. The second-order valence-corrected chi connectivity index (χ2v) is 7.93. The number of aliphatic hydroxyl groups is 1. The fraction of sp³-hybridized carbons (Fsp3) is 0.571. The molecule has 28 heavy (non-hydrogen) atoms. The summed E-state index contributed by atoms with van der Waals surface area (Å²) in [7, 11) is 0. The third-order valence-corrected chi connectivity index (χ3v) is 6.25. The number of carbonyl (C=O) groups excluding carboxylic acids is 2. The van der Waals surface area contributed by atoms with Crippen molar-refractivity contribution in [2.75, 3.05) is 13.2 Å². The SMILES string of the molecule is C/C=C/c1ccc2n(c1=O)C[C@H]1[C@H](CO)[C@@H](C(=O)NCC)[C@@H]2N1C(=O)C1CC1. The van der Waals surface area contributed by atoms with Gasteiger partial charge in [-0.05, 0) is 38.8 Å². The molecule has 2 bridgehead atoms. The molecule has 4 rings (SSSR count). The normalized spacial score (nSPS) is 28.5. The molecule has 1 aromatic heterocycles. The molecule has 1 saturated heterocycles. The van der Waals surface area contributed by atoms with Gasteiger partial charge in [0, 0.05) is 42.8 Å². The second kappa shape index (κ2) is 7.20. The summed E-state index contributed by atoms with van der Waals surface area (Å²) >= 11 is 0. The van der Waals surface area contributed by atoms with Gasteiger partial charge in [0.25, 0.3) is 5.56 Å². The number of pyridine rings is 1. The summed E-state index contributed by atoms with van der Waals surface area (Å²) in [5, 5.41) is 13.0. The van der Waals surface area contributed by atoms with Crippen molar-refractivity contribution in [3.63, 3.8) is 0 Å². The Hall–Kier alpha value is -2.41. The predicted molar refractivity (Wildman–Crippen MR) is 104 cm³/mol. The molecule has 2 N–H and O–H groups in total. The van der Waals surface area contributed by atoms with Crippen molar-refractivity contribution in [3.05, 3.63) is 39.8 Å². The monoisotopic (exact) mass is 385 g/mol. The summed E-state index contributed by atoms with van der Waals surface area (Å²) < 4.78 is 1.70.